The molecule has 1 N–H and O–H groups in total. The van der Waals surface area contributed by atoms with Crippen molar-refractivity contribution in [1.29, 1.82) is 0 Å². The van der Waals surface area contributed by atoms with Crippen LogP contribution in [0.2, 0.25) is 5.02 Å². The lowest BCUT2D eigenvalue weighted by molar-refractivity contribution is 0.210. The number of ether oxygens (including phenoxy) is 1. The van der Waals surface area contributed by atoms with Crippen LogP contribution in [0, 0.1) is 13.8 Å². The molecule has 0 radical (unpaired) electrons. The molecule has 0 spiro atoms. The first kappa shape index (κ1) is 25.0. The molecule has 5 nitrogen and oxygen atoms in total. The van der Waals surface area contributed by atoms with Crippen molar-refractivity contribution in [3.05, 3.63) is 107 Å². The highest BCUT2D eigenvalue weighted by molar-refractivity contribution is 7.80. The van der Waals surface area contributed by atoms with Crippen molar-refractivity contribution in [2.24, 2.45) is 0 Å². The Hall–Kier alpha value is -3.35. The number of hydrogen-bond donors (Lipinski definition) is 1. The Balaban J connectivity index is 1.42. The van der Waals surface area contributed by atoms with E-state index in [4.69, 9.17) is 33.5 Å². The molecule has 38 heavy (non-hydrogen) atoms. The first-order chi connectivity index (χ1) is 18.5. The van der Waals surface area contributed by atoms with Gasteiger partial charge in [-0.15, -0.1) is 0 Å². The van der Waals surface area contributed by atoms with Crippen molar-refractivity contribution in [2.75, 3.05) is 4.90 Å². The molecular formula is C31H31ClN4OS. The molecule has 0 unspecified atom stereocenters. The second kappa shape index (κ2) is 10.4. The number of aromatic nitrogens is 2. The van der Waals surface area contributed by atoms with Gasteiger partial charge in [0.2, 0.25) is 0 Å². The summed E-state index contributed by atoms with van der Waals surface area (Å²) >= 11 is 12.6. The van der Waals surface area contributed by atoms with Gasteiger partial charge < -0.3 is 19.5 Å². The van der Waals surface area contributed by atoms with Gasteiger partial charge in [0.05, 0.1) is 34.6 Å². The third-order valence-electron chi connectivity index (χ3n) is 7.70. The molecule has 3 heterocycles. The highest BCUT2D eigenvalue weighted by Crippen LogP contribution is 2.44. The molecule has 1 aliphatic heterocycles. The Kier molecular flexibility index (Phi) is 6.85. The van der Waals surface area contributed by atoms with E-state index < -0.39 is 0 Å². The Morgan fingerprint density at radius 2 is 1.71 bits per heavy atom. The summed E-state index contributed by atoms with van der Waals surface area (Å²) in [5.41, 5.74) is 6.36. The second-order valence-electron chi connectivity index (χ2n) is 10.1. The van der Waals surface area contributed by atoms with Gasteiger partial charge in [-0.05, 0) is 112 Å². The number of para-hydroxylation sites is 1. The molecule has 2 aromatic carbocycles. The molecule has 7 heteroatoms. The lowest BCUT2D eigenvalue weighted by atomic mass is 9.96. The number of benzene rings is 2. The Morgan fingerprint density at radius 3 is 2.42 bits per heavy atom. The molecule has 1 aliphatic carbocycles. The van der Waals surface area contributed by atoms with Crippen molar-refractivity contribution >= 4 is 34.6 Å². The molecule has 0 amide bonds. The van der Waals surface area contributed by atoms with Crippen LogP contribution in [-0.2, 0) is 0 Å². The van der Waals surface area contributed by atoms with Gasteiger partial charge in [0.25, 0.3) is 0 Å². The predicted octanol–water partition coefficient (Wildman–Crippen LogP) is 7.64. The summed E-state index contributed by atoms with van der Waals surface area (Å²) in [5.74, 6) is 0.911. The molecule has 2 aromatic heterocycles. The van der Waals surface area contributed by atoms with Gasteiger partial charge in [-0.25, -0.2) is 0 Å². The maximum Gasteiger partial charge on any atom is 0.174 e. The van der Waals surface area contributed by atoms with Crippen LogP contribution in [0.1, 0.15) is 60.4 Å². The molecule has 194 valence electrons. The van der Waals surface area contributed by atoms with E-state index in [-0.39, 0.29) is 12.1 Å². The summed E-state index contributed by atoms with van der Waals surface area (Å²) in [6.07, 6.45) is 6.93. The number of pyridine rings is 1. The molecular weight excluding hydrogens is 512 g/mol. The van der Waals surface area contributed by atoms with Crippen molar-refractivity contribution in [1.82, 2.24) is 14.9 Å². The first-order valence-corrected chi connectivity index (χ1v) is 14.0. The van der Waals surface area contributed by atoms with Gasteiger partial charge in [-0.2, -0.15) is 0 Å². The molecule has 6 rings (SSSR count). The predicted molar refractivity (Wildman–Crippen MR) is 158 cm³/mol. The zero-order valence-corrected chi connectivity index (χ0v) is 23.2. The minimum Gasteiger partial charge on any atom is -0.490 e. The van der Waals surface area contributed by atoms with Gasteiger partial charge in [0.15, 0.2) is 5.11 Å². The lowest BCUT2D eigenvalue weighted by Gasteiger charge is -2.28. The number of rotatable bonds is 6. The van der Waals surface area contributed by atoms with Crippen LogP contribution in [0.4, 0.5) is 5.69 Å². The highest BCUT2D eigenvalue weighted by Gasteiger charge is 2.42. The summed E-state index contributed by atoms with van der Waals surface area (Å²) in [7, 11) is 0. The standard InChI is InChI=1S/C31H31ClN4OS/c1-20-19-25(21(2)35(20)28-13-6-5-11-26(28)32)30-29(27-12-7-8-18-33-27)34-31(38)36(30)22-14-16-24(17-15-22)37-23-9-3-4-10-23/h5-8,11-19,23,29-30H,3-4,9-10H2,1-2H3,(H,34,38)/t29-,30+/m0/s1. The summed E-state index contributed by atoms with van der Waals surface area (Å²) in [4.78, 5) is 6.92. The van der Waals surface area contributed by atoms with E-state index in [2.05, 4.69) is 71.1 Å². The number of aryl methyl sites for hydroxylation is 1. The monoisotopic (exact) mass is 542 g/mol. The third kappa shape index (κ3) is 4.56. The molecule has 2 fully saturated rings. The topological polar surface area (TPSA) is 42.3 Å². The van der Waals surface area contributed by atoms with Crippen molar-refractivity contribution in [3.8, 4) is 11.4 Å². The van der Waals surface area contributed by atoms with Crippen molar-refractivity contribution < 1.29 is 4.74 Å². The quantitative estimate of drug-likeness (QED) is 0.253. The van der Waals surface area contributed by atoms with Gasteiger partial charge >= 0.3 is 0 Å². The minimum atomic E-state index is -0.113. The third-order valence-corrected chi connectivity index (χ3v) is 8.33. The first-order valence-electron chi connectivity index (χ1n) is 13.2. The summed E-state index contributed by atoms with van der Waals surface area (Å²) in [6.45, 7) is 4.27. The fraction of sp³-hybridized carbons (Fsp3) is 0.290. The lowest BCUT2D eigenvalue weighted by Crippen LogP contribution is -2.29. The van der Waals surface area contributed by atoms with Crippen molar-refractivity contribution in [2.45, 2.75) is 57.7 Å². The molecule has 2 aliphatic rings. The van der Waals surface area contributed by atoms with Crippen LogP contribution in [0.15, 0.2) is 79.0 Å². The SMILES string of the molecule is Cc1cc([C@@H]2[C@H](c3ccccn3)NC(=S)N2c2ccc(OC3CCCC3)cc2)c(C)n1-c1ccccc1Cl. The number of hydrogen-bond acceptors (Lipinski definition) is 3. The fourth-order valence-electron chi connectivity index (χ4n) is 5.92. The van der Waals surface area contributed by atoms with Crippen LogP contribution in [0.3, 0.4) is 0 Å². The van der Waals surface area contributed by atoms with Crippen LogP contribution >= 0.6 is 23.8 Å². The molecule has 2 atom stereocenters. The number of nitrogens with zero attached hydrogens (tertiary/aromatic N) is 3. The zero-order chi connectivity index (χ0) is 26.2. The number of thiocarbonyl (C=S) groups is 1. The summed E-state index contributed by atoms with van der Waals surface area (Å²) in [5, 5.41) is 4.97. The van der Waals surface area contributed by atoms with Crippen molar-refractivity contribution in [3.63, 3.8) is 0 Å². The maximum atomic E-state index is 6.63. The minimum absolute atomic E-state index is 0.0959. The van der Waals surface area contributed by atoms with E-state index in [0.717, 1.165) is 52.1 Å². The van der Waals surface area contributed by atoms with Crippen LogP contribution < -0.4 is 15.0 Å². The largest absolute Gasteiger partial charge is 0.490 e. The average Bonchev–Trinajstić information content (AvgIpc) is 3.63. The highest BCUT2D eigenvalue weighted by atomic mass is 35.5. The van der Waals surface area contributed by atoms with Crippen LogP contribution in [-0.4, -0.2) is 20.8 Å². The van der Waals surface area contributed by atoms with E-state index in [1.807, 2.05) is 36.5 Å². The van der Waals surface area contributed by atoms with Gasteiger partial charge in [-0.3, -0.25) is 4.98 Å². The molecule has 0 bridgehead atoms. The van der Waals surface area contributed by atoms with Gasteiger partial charge in [-0.1, -0.05) is 29.8 Å². The Morgan fingerprint density at radius 1 is 0.974 bits per heavy atom. The second-order valence-corrected chi connectivity index (χ2v) is 10.9. The van der Waals surface area contributed by atoms with E-state index in [1.54, 1.807) is 0 Å². The number of nitrogens with one attached hydrogen (secondary N) is 1. The zero-order valence-electron chi connectivity index (χ0n) is 21.6. The molecule has 1 saturated heterocycles. The number of halogens is 1. The Bertz CT molecular complexity index is 1450. The van der Waals surface area contributed by atoms with Gasteiger partial charge in [0.1, 0.15) is 5.75 Å². The van der Waals surface area contributed by atoms with Crippen LogP contribution in [0.5, 0.6) is 5.75 Å². The van der Waals surface area contributed by atoms with E-state index in [1.165, 1.54) is 18.4 Å². The fourth-order valence-corrected chi connectivity index (χ4v) is 6.49. The Labute approximate surface area is 234 Å². The maximum absolute atomic E-state index is 6.63. The number of anilines is 1. The van der Waals surface area contributed by atoms with E-state index >= 15 is 0 Å². The van der Waals surface area contributed by atoms with E-state index in [9.17, 15) is 0 Å². The van der Waals surface area contributed by atoms with Gasteiger partial charge in [0, 0.05) is 23.3 Å². The normalized spacial score (nSPS) is 19.7. The average molecular weight is 543 g/mol. The van der Waals surface area contributed by atoms with Crippen LogP contribution in [0.25, 0.3) is 5.69 Å². The van der Waals surface area contributed by atoms with E-state index in [0.29, 0.717) is 11.2 Å². The smallest absolute Gasteiger partial charge is 0.174 e. The summed E-state index contributed by atoms with van der Waals surface area (Å²) in [6, 6.07) is 24.4. The molecule has 4 aromatic rings. The molecule has 1 saturated carbocycles. The summed E-state index contributed by atoms with van der Waals surface area (Å²) < 4.78 is 8.45.